The van der Waals surface area contributed by atoms with Gasteiger partial charge in [-0.2, -0.15) is 0 Å². The molecule has 2 heterocycles. The molecule has 1 fully saturated rings. The third-order valence-electron chi connectivity index (χ3n) is 3.94. The molecular formula is C17H20N2O. The number of hydrogen-bond donors (Lipinski definition) is 0. The standard InChI is InChI=1S/C17H20N2O/c1-14-6-5-11-19(13-14)17(20)15-7-4-8-16(12-15)18-9-2-3-10-18/h2-4,7-10,12,14H,5-6,11,13H2,1H3. The van der Waals surface area contributed by atoms with Gasteiger partial charge in [-0.25, -0.2) is 0 Å². The van der Waals surface area contributed by atoms with Crippen LogP contribution in [0, 0.1) is 5.92 Å². The predicted molar refractivity (Wildman–Crippen MR) is 80.1 cm³/mol. The van der Waals surface area contributed by atoms with Crippen LogP contribution in [-0.2, 0) is 0 Å². The first kappa shape index (κ1) is 13.0. The second-order valence-electron chi connectivity index (χ2n) is 5.64. The predicted octanol–water partition coefficient (Wildman–Crippen LogP) is 3.35. The third kappa shape index (κ3) is 2.62. The maximum atomic E-state index is 12.6. The average molecular weight is 268 g/mol. The fraction of sp³-hybridized carbons (Fsp3) is 0.353. The number of hydrogen-bond acceptors (Lipinski definition) is 1. The lowest BCUT2D eigenvalue weighted by Crippen LogP contribution is -2.39. The van der Waals surface area contributed by atoms with Gasteiger partial charge in [-0.05, 0) is 49.1 Å². The zero-order chi connectivity index (χ0) is 13.9. The molecule has 20 heavy (non-hydrogen) atoms. The molecule has 1 amide bonds. The highest BCUT2D eigenvalue weighted by Crippen LogP contribution is 2.19. The highest BCUT2D eigenvalue weighted by Gasteiger charge is 2.22. The SMILES string of the molecule is CC1CCCN(C(=O)c2cccc(-n3cccc3)c2)C1. The second-order valence-corrected chi connectivity index (χ2v) is 5.64. The van der Waals surface area contributed by atoms with Crippen molar-refractivity contribution in [1.29, 1.82) is 0 Å². The molecule has 1 aliphatic rings. The summed E-state index contributed by atoms with van der Waals surface area (Å²) < 4.78 is 2.02. The van der Waals surface area contributed by atoms with Gasteiger partial charge in [-0.15, -0.1) is 0 Å². The Bertz CT molecular complexity index is 589. The van der Waals surface area contributed by atoms with Crippen LogP contribution in [-0.4, -0.2) is 28.5 Å². The van der Waals surface area contributed by atoms with E-state index in [-0.39, 0.29) is 5.91 Å². The molecule has 1 saturated heterocycles. The number of carbonyl (C=O) groups excluding carboxylic acids is 1. The number of piperidine rings is 1. The van der Waals surface area contributed by atoms with Crippen LogP contribution < -0.4 is 0 Å². The van der Waals surface area contributed by atoms with Crippen LogP contribution in [0.3, 0.4) is 0 Å². The van der Waals surface area contributed by atoms with E-state index in [0.717, 1.165) is 30.8 Å². The molecule has 0 radical (unpaired) electrons. The molecule has 1 atom stereocenters. The van der Waals surface area contributed by atoms with E-state index in [2.05, 4.69) is 6.92 Å². The van der Waals surface area contributed by atoms with Crippen molar-refractivity contribution in [2.45, 2.75) is 19.8 Å². The molecule has 3 nitrogen and oxygen atoms in total. The number of benzene rings is 1. The van der Waals surface area contributed by atoms with E-state index in [4.69, 9.17) is 0 Å². The van der Waals surface area contributed by atoms with E-state index in [1.165, 1.54) is 6.42 Å². The van der Waals surface area contributed by atoms with Crippen molar-refractivity contribution < 1.29 is 4.79 Å². The zero-order valence-corrected chi connectivity index (χ0v) is 11.8. The van der Waals surface area contributed by atoms with E-state index in [1.807, 2.05) is 58.3 Å². The van der Waals surface area contributed by atoms with Gasteiger partial charge in [0.15, 0.2) is 0 Å². The second kappa shape index (κ2) is 5.53. The van der Waals surface area contributed by atoms with Crippen LogP contribution in [0.1, 0.15) is 30.1 Å². The Labute approximate surface area is 119 Å². The van der Waals surface area contributed by atoms with Crippen molar-refractivity contribution in [1.82, 2.24) is 9.47 Å². The maximum absolute atomic E-state index is 12.6. The minimum absolute atomic E-state index is 0.158. The van der Waals surface area contributed by atoms with Crippen LogP contribution >= 0.6 is 0 Å². The first-order valence-electron chi connectivity index (χ1n) is 7.27. The Hall–Kier alpha value is -2.03. The number of amides is 1. The molecule has 1 unspecified atom stereocenters. The van der Waals surface area contributed by atoms with Gasteiger partial charge in [-0.3, -0.25) is 4.79 Å². The molecule has 1 aromatic carbocycles. The molecule has 0 bridgehead atoms. The van der Waals surface area contributed by atoms with Gasteiger partial charge in [0.25, 0.3) is 5.91 Å². The van der Waals surface area contributed by atoms with Gasteiger partial charge in [0, 0.05) is 36.7 Å². The number of likely N-dealkylation sites (tertiary alicyclic amines) is 1. The summed E-state index contributed by atoms with van der Waals surface area (Å²) in [6.45, 7) is 3.99. The number of carbonyl (C=O) groups is 1. The van der Waals surface area contributed by atoms with Gasteiger partial charge < -0.3 is 9.47 Å². The molecular weight excluding hydrogens is 248 g/mol. The molecule has 0 spiro atoms. The Kier molecular flexibility index (Phi) is 3.59. The highest BCUT2D eigenvalue weighted by molar-refractivity contribution is 5.94. The summed E-state index contributed by atoms with van der Waals surface area (Å²) in [5, 5.41) is 0. The molecule has 104 valence electrons. The largest absolute Gasteiger partial charge is 0.338 e. The van der Waals surface area contributed by atoms with Crippen molar-refractivity contribution >= 4 is 5.91 Å². The fourth-order valence-corrected chi connectivity index (χ4v) is 2.86. The molecule has 1 aromatic heterocycles. The lowest BCUT2D eigenvalue weighted by molar-refractivity contribution is 0.0683. The topological polar surface area (TPSA) is 25.2 Å². The van der Waals surface area contributed by atoms with Crippen molar-refractivity contribution in [3.8, 4) is 5.69 Å². The minimum Gasteiger partial charge on any atom is -0.338 e. The van der Waals surface area contributed by atoms with Crippen molar-refractivity contribution in [3.63, 3.8) is 0 Å². The van der Waals surface area contributed by atoms with Crippen molar-refractivity contribution in [3.05, 3.63) is 54.4 Å². The monoisotopic (exact) mass is 268 g/mol. The quantitative estimate of drug-likeness (QED) is 0.820. The van der Waals surface area contributed by atoms with Crippen molar-refractivity contribution in [2.24, 2.45) is 5.92 Å². The third-order valence-corrected chi connectivity index (χ3v) is 3.94. The van der Waals surface area contributed by atoms with E-state index in [0.29, 0.717) is 5.92 Å². The molecule has 0 saturated carbocycles. The maximum Gasteiger partial charge on any atom is 0.253 e. The normalized spacial score (nSPS) is 19.1. The lowest BCUT2D eigenvalue weighted by Gasteiger charge is -2.31. The smallest absolute Gasteiger partial charge is 0.253 e. The van der Waals surface area contributed by atoms with Crippen LogP contribution in [0.2, 0.25) is 0 Å². The fourth-order valence-electron chi connectivity index (χ4n) is 2.86. The van der Waals surface area contributed by atoms with Gasteiger partial charge in [0.05, 0.1) is 0 Å². The lowest BCUT2D eigenvalue weighted by atomic mass is 9.99. The summed E-state index contributed by atoms with van der Waals surface area (Å²) >= 11 is 0. The average Bonchev–Trinajstić information content (AvgIpc) is 3.01. The summed E-state index contributed by atoms with van der Waals surface area (Å²) in [5.41, 5.74) is 1.82. The molecule has 3 heteroatoms. The minimum atomic E-state index is 0.158. The highest BCUT2D eigenvalue weighted by atomic mass is 16.2. The molecule has 0 aliphatic carbocycles. The van der Waals surface area contributed by atoms with Crippen LogP contribution in [0.25, 0.3) is 5.69 Å². The van der Waals surface area contributed by atoms with Gasteiger partial charge in [0.2, 0.25) is 0 Å². The molecule has 3 rings (SSSR count). The zero-order valence-electron chi connectivity index (χ0n) is 11.8. The summed E-state index contributed by atoms with van der Waals surface area (Å²) in [6.07, 6.45) is 6.33. The molecule has 1 aliphatic heterocycles. The summed E-state index contributed by atoms with van der Waals surface area (Å²) in [7, 11) is 0. The summed E-state index contributed by atoms with van der Waals surface area (Å²) in [5.74, 6) is 0.769. The first-order chi connectivity index (χ1) is 9.74. The Morgan fingerprint density at radius 2 is 2.00 bits per heavy atom. The molecule has 0 N–H and O–H groups in total. The van der Waals surface area contributed by atoms with Crippen LogP contribution in [0.4, 0.5) is 0 Å². The van der Waals surface area contributed by atoms with Gasteiger partial charge >= 0.3 is 0 Å². The first-order valence-corrected chi connectivity index (χ1v) is 7.27. The van der Waals surface area contributed by atoms with Gasteiger partial charge in [-0.1, -0.05) is 13.0 Å². The Morgan fingerprint density at radius 3 is 2.75 bits per heavy atom. The van der Waals surface area contributed by atoms with Crippen molar-refractivity contribution in [2.75, 3.05) is 13.1 Å². The van der Waals surface area contributed by atoms with Crippen LogP contribution in [0.15, 0.2) is 48.8 Å². The van der Waals surface area contributed by atoms with E-state index < -0.39 is 0 Å². The van der Waals surface area contributed by atoms with Crippen LogP contribution in [0.5, 0.6) is 0 Å². The number of rotatable bonds is 2. The number of nitrogens with zero attached hydrogens (tertiary/aromatic N) is 2. The van der Waals surface area contributed by atoms with E-state index >= 15 is 0 Å². The summed E-state index contributed by atoms with van der Waals surface area (Å²) in [6, 6.07) is 11.8. The Balaban J connectivity index is 1.83. The summed E-state index contributed by atoms with van der Waals surface area (Å²) in [4.78, 5) is 14.6. The molecule has 2 aromatic rings. The van der Waals surface area contributed by atoms with E-state index in [1.54, 1.807) is 0 Å². The van der Waals surface area contributed by atoms with E-state index in [9.17, 15) is 4.79 Å². The number of aromatic nitrogens is 1. The Morgan fingerprint density at radius 1 is 1.20 bits per heavy atom. The van der Waals surface area contributed by atoms with Gasteiger partial charge in [0.1, 0.15) is 0 Å².